The number of benzene rings is 2. The van der Waals surface area contributed by atoms with Crippen molar-refractivity contribution in [2.24, 2.45) is 29.6 Å². The van der Waals surface area contributed by atoms with E-state index in [2.05, 4.69) is 188 Å². The van der Waals surface area contributed by atoms with E-state index in [1.807, 2.05) is 0 Å². The molecule has 10 rings (SSSR count). The minimum Gasteiger partial charge on any atom is -0.334 e. The molecular formula is C63H72N2. The van der Waals surface area contributed by atoms with Crippen molar-refractivity contribution in [3.05, 3.63) is 209 Å². The summed E-state index contributed by atoms with van der Waals surface area (Å²) in [4.78, 5) is 5.28. The Kier molecular flexibility index (Phi) is 13.7. The van der Waals surface area contributed by atoms with Crippen LogP contribution >= 0.6 is 0 Å². The Morgan fingerprint density at radius 2 is 1.48 bits per heavy atom. The lowest BCUT2D eigenvalue weighted by Crippen LogP contribution is -2.42. The molecule has 2 fully saturated rings. The van der Waals surface area contributed by atoms with E-state index >= 15 is 0 Å². The smallest absolute Gasteiger partial charge is 0.0559 e. The van der Waals surface area contributed by atoms with Crippen LogP contribution in [0.1, 0.15) is 134 Å². The Morgan fingerprint density at radius 1 is 0.723 bits per heavy atom. The van der Waals surface area contributed by atoms with Crippen LogP contribution in [0.4, 0.5) is 11.4 Å². The van der Waals surface area contributed by atoms with Crippen LogP contribution in [0.15, 0.2) is 198 Å². The zero-order chi connectivity index (χ0) is 44.0. The fourth-order valence-electron chi connectivity index (χ4n) is 12.9. The molecule has 0 heterocycles. The van der Waals surface area contributed by atoms with Crippen LogP contribution in [0, 0.1) is 29.6 Å². The predicted octanol–water partition coefficient (Wildman–Crippen LogP) is 17.1. The molecule has 0 radical (unpaired) electrons. The summed E-state index contributed by atoms with van der Waals surface area (Å²) in [5.74, 6) is 3.31. The maximum absolute atomic E-state index is 2.72. The molecule has 2 heteroatoms. The van der Waals surface area contributed by atoms with Crippen LogP contribution in [0.3, 0.4) is 0 Å². The molecule has 5 atom stereocenters. The molecule has 0 saturated heterocycles. The minimum absolute atomic E-state index is 0.276. The van der Waals surface area contributed by atoms with Crippen molar-refractivity contribution in [3.63, 3.8) is 0 Å². The summed E-state index contributed by atoms with van der Waals surface area (Å²) in [5.41, 5.74) is 15.7. The molecule has 0 amide bonds. The molecule has 5 unspecified atom stereocenters. The van der Waals surface area contributed by atoms with Gasteiger partial charge >= 0.3 is 0 Å². The molecule has 0 aliphatic heterocycles. The van der Waals surface area contributed by atoms with Gasteiger partial charge in [0.15, 0.2) is 0 Å². The van der Waals surface area contributed by atoms with Gasteiger partial charge in [-0.15, -0.1) is 0 Å². The van der Waals surface area contributed by atoms with Gasteiger partial charge in [-0.25, -0.2) is 0 Å². The minimum atomic E-state index is 0.276. The summed E-state index contributed by atoms with van der Waals surface area (Å²) in [6, 6.07) is 19.3. The van der Waals surface area contributed by atoms with Crippen LogP contribution in [-0.2, 0) is 0 Å². The lowest BCUT2D eigenvalue weighted by atomic mass is 9.55. The second-order valence-electron chi connectivity index (χ2n) is 20.0. The number of nitrogens with zero attached hydrogens (tertiary/aromatic N) is 2. The van der Waals surface area contributed by atoms with Crippen LogP contribution in [0.2, 0.25) is 0 Å². The summed E-state index contributed by atoms with van der Waals surface area (Å²) in [6.45, 7) is 4.47. The van der Waals surface area contributed by atoms with Crippen LogP contribution in [0.5, 0.6) is 0 Å². The van der Waals surface area contributed by atoms with E-state index in [9.17, 15) is 0 Å². The lowest BCUT2D eigenvalue weighted by Gasteiger charge is -2.50. The maximum Gasteiger partial charge on any atom is 0.0559 e. The van der Waals surface area contributed by atoms with Crippen molar-refractivity contribution >= 4 is 16.9 Å². The van der Waals surface area contributed by atoms with Gasteiger partial charge in [-0.3, -0.25) is 0 Å². The zero-order valence-corrected chi connectivity index (χ0v) is 39.3. The van der Waals surface area contributed by atoms with E-state index in [0.29, 0.717) is 29.6 Å². The Labute approximate surface area is 392 Å². The predicted molar refractivity (Wildman–Crippen MR) is 278 cm³/mol. The zero-order valence-electron chi connectivity index (χ0n) is 39.3. The Hall–Kier alpha value is -5.34. The van der Waals surface area contributed by atoms with Gasteiger partial charge in [0.05, 0.1) is 6.04 Å². The van der Waals surface area contributed by atoms with E-state index < -0.39 is 0 Å². The van der Waals surface area contributed by atoms with Crippen molar-refractivity contribution in [1.29, 1.82) is 0 Å². The SMILES string of the molecule is C/C=C(\C=C/CC)N(C1=CC=C2C(C3CCCCC3)=C3C=C(N(c4ccc(C5C=CC=CC5)cc4)C4C=CC=CC4)C=CC3C(C3CCCCC3)C2C1)c1ccc(C2=CCCC=C2)cc1. The molecule has 0 spiro atoms. The molecule has 0 bridgehead atoms. The number of hydrogen-bond acceptors (Lipinski definition) is 2. The molecule has 2 saturated carbocycles. The number of rotatable bonds is 12. The van der Waals surface area contributed by atoms with Crippen molar-refractivity contribution in [3.8, 4) is 0 Å². The highest BCUT2D eigenvalue weighted by Gasteiger charge is 2.47. The monoisotopic (exact) mass is 857 g/mol. The van der Waals surface area contributed by atoms with Gasteiger partial charge < -0.3 is 9.80 Å². The van der Waals surface area contributed by atoms with E-state index in [4.69, 9.17) is 0 Å². The van der Waals surface area contributed by atoms with Gasteiger partial charge in [0, 0.05) is 40.3 Å². The van der Waals surface area contributed by atoms with Gasteiger partial charge in [0.25, 0.3) is 0 Å². The highest BCUT2D eigenvalue weighted by atomic mass is 15.2. The molecule has 334 valence electrons. The molecule has 65 heavy (non-hydrogen) atoms. The number of allylic oxidation sites excluding steroid dienone is 22. The third kappa shape index (κ3) is 9.25. The van der Waals surface area contributed by atoms with Gasteiger partial charge in [-0.05, 0) is 164 Å². The van der Waals surface area contributed by atoms with Crippen LogP contribution in [-0.4, -0.2) is 6.04 Å². The first kappa shape index (κ1) is 43.5. The second kappa shape index (κ2) is 20.4. The summed E-state index contributed by atoms with van der Waals surface area (Å²) >= 11 is 0. The highest BCUT2D eigenvalue weighted by molar-refractivity contribution is 5.76. The summed E-state index contributed by atoms with van der Waals surface area (Å²) in [7, 11) is 0. The summed E-state index contributed by atoms with van der Waals surface area (Å²) < 4.78 is 0. The Bertz CT molecular complexity index is 2430. The summed E-state index contributed by atoms with van der Waals surface area (Å²) in [6.07, 6.45) is 65.5. The van der Waals surface area contributed by atoms with Crippen molar-refractivity contribution < 1.29 is 0 Å². The second-order valence-corrected chi connectivity index (χ2v) is 20.0. The van der Waals surface area contributed by atoms with Crippen molar-refractivity contribution in [2.75, 3.05) is 9.80 Å². The third-order valence-corrected chi connectivity index (χ3v) is 16.1. The Balaban J connectivity index is 1.09. The fraction of sp³-hybridized carbons (Fsp3) is 0.397. The first-order valence-corrected chi connectivity index (χ1v) is 25.9. The van der Waals surface area contributed by atoms with Crippen LogP contribution in [0.25, 0.3) is 5.57 Å². The van der Waals surface area contributed by atoms with Crippen molar-refractivity contribution in [2.45, 2.75) is 129 Å². The number of anilines is 2. The van der Waals surface area contributed by atoms with E-state index in [1.54, 1.807) is 16.7 Å². The first-order chi connectivity index (χ1) is 32.2. The van der Waals surface area contributed by atoms with Gasteiger partial charge in [0.2, 0.25) is 0 Å². The van der Waals surface area contributed by atoms with Crippen LogP contribution < -0.4 is 9.80 Å². The topological polar surface area (TPSA) is 6.48 Å². The Morgan fingerprint density at radius 3 is 2.17 bits per heavy atom. The third-order valence-electron chi connectivity index (χ3n) is 16.1. The molecule has 2 nitrogen and oxygen atoms in total. The average Bonchev–Trinajstić information content (AvgIpc) is 3.38. The van der Waals surface area contributed by atoms with Gasteiger partial charge in [-0.2, -0.15) is 0 Å². The molecule has 8 aliphatic carbocycles. The van der Waals surface area contributed by atoms with Gasteiger partial charge in [0.1, 0.15) is 0 Å². The van der Waals surface area contributed by atoms with E-state index in [1.165, 1.54) is 109 Å². The lowest BCUT2D eigenvalue weighted by molar-refractivity contribution is 0.153. The normalized spacial score (nSPS) is 27.0. The standard InChI is InChI=1S/C63H72N2/c1-3-5-29-52(4-2)64(54-36-32-48(33-37-54)46-21-11-6-12-22-46)56-40-42-58-60(44-56)62(50-25-15-8-16-26-50)59-43-41-57(45-61(59)63(58)51-27-17-9-18-28-51)65(53-30-19-10-20-31-53)55-38-34-49(35-39-55)47-23-13-7-14-24-47/h4-5,7,10-11,13-14,19-23,29-30,32-43,45,47,50-51,53,59-60,62H,3,6,8-9,12,15-18,24-28,31,44H2,1-2H3/b29-5-,52-4+. The molecule has 0 N–H and O–H groups in total. The maximum atomic E-state index is 2.72. The molecule has 2 aromatic carbocycles. The highest BCUT2D eigenvalue weighted by Crippen LogP contribution is 2.57. The molecule has 2 aromatic rings. The van der Waals surface area contributed by atoms with E-state index in [0.717, 1.165) is 44.4 Å². The summed E-state index contributed by atoms with van der Waals surface area (Å²) in [5, 5.41) is 0. The van der Waals surface area contributed by atoms with E-state index in [-0.39, 0.29) is 6.04 Å². The first-order valence-electron chi connectivity index (χ1n) is 25.9. The quantitative estimate of drug-likeness (QED) is 0.196. The molecular weight excluding hydrogens is 785 g/mol. The average molecular weight is 857 g/mol. The number of fused-ring (bicyclic) bond motifs is 2. The molecule has 0 aromatic heterocycles. The molecule has 8 aliphatic rings. The number of hydrogen-bond donors (Lipinski definition) is 0. The van der Waals surface area contributed by atoms with Gasteiger partial charge in [-0.1, -0.05) is 174 Å². The largest absolute Gasteiger partial charge is 0.334 e. The fourth-order valence-corrected chi connectivity index (χ4v) is 12.9. The van der Waals surface area contributed by atoms with Crippen molar-refractivity contribution in [1.82, 2.24) is 0 Å².